The zero-order valence-corrected chi connectivity index (χ0v) is 15.5. The molecule has 7 heteroatoms. The van der Waals surface area contributed by atoms with Gasteiger partial charge in [0, 0.05) is 24.0 Å². The molecule has 6 nitrogen and oxygen atoms in total. The zero-order valence-electron chi connectivity index (χ0n) is 14.7. The van der Waals surface area contributed by atoms with Gasteiger partial charge in [0.05, 0.1) is 17.0 Å². The molecule has 0 spiro atoms. The van der Waals surface area contributed by atoms with Gasteiger partial charge in [0.15, 0.2) is 0 Å². The summed E-state index contributed by atoms with van der Waals surface area (Å²) in [5.41, 5.74) is 3.16. The Kier molecular flexibility index (Phi) is 4.71. The number of carbonyl (C=O) groups excluding carboxylic acids is 1. The number of ether oxygens (including phenoxy) is 1. The molecular weight excluding hydrogens is 354 g/mol. The van der Waals surface area contributed by atoms with Gasteiger partial charge in [-0.05, 0) is 50.3 Å². The summed E-state index contributed by atoms with van der Waals surface area (Å²) in [7, 11) is 1.68. The first-order valence-corrected chi connectivity index (χ1v) is 9.50. The molecule has 138 valence electrons. The second-order valence-electron chi connectivity index (χ2n) is 7.24. The Balaban J connectivity index is 1.68. The first-order valence-electron chi connectivity index (χ1n) is 9.12. The number of nitrogens with zero attached hydrogens (tertiary/aromatic N) is 2. The average molecular weight is 376 g/mol. The highest BCUT2D eigenvalue weighted by Crippen LogP contribution is 2.39. The zero-order chi connectivity index (χ0) is 18.3. The van der Waals surface area contributed by atoms with Crippen LogP contribution in [0.15, 0.2) is 23.0 Å². The van der Waals surface area contributed by atoms with E-state index in [9.17, 15) is 9.59 Å². The SMILES string of the molecule is CO[C@H]1CCC[C@@H](C(=O)Nn2c(C3CC3)nc3cc(Cl)ccc3c2=O)C1. The molecule has 2 aromatic rings. The first kappa shape index (κ1) is 17.5. The predicted octanol–water partition coefficient (Wildman–Crippen LogP) is 3.20. The maximum atomic E-state index is 13.0. The van der Waals surface area contributed by atoms with Crippen LogP contribution in [-0.4, -0.2) is 28.8 Å². The minimum atomic E-state index is -0.249. The van der Waals surface area contributed by atoms with Gasteiger partial charge in [0.25, 0.3) is 5.56 Å². The van der Waals surface area contributed by atoms with Crippen LogP contribution in [0.5, 0.6) is 0 Å². The third kappa shape index (κ3) is 3.35. The smallest absolute Gasteiger partial charge is 0.280 e. The fourth-order valence-corrected chi connectivity index (χ4v) is 3.86. The van der Waals surface area contributed by atoms with Crippen molar-refractivity contribution in [1.82, 2.24) is 9.66 Å². The molecule has 2 saturated carbocycles. The number of aromatic nitrogens is 2. The van der Waals surface area contributed by atoms with E-state index in [-0.39, 0.29) is 29.4 Å². The Bertz CT molecular complexity index is 907. The van der Waals surface area contributed by atoms with Crippen molar-refractivity contribution >= 4 is 28.4 Å². The Morgan fingerprint density at radius 3 is 2.85 bits per heavy atom. The van der Waals surface area contributed by atoms with E-state index in [4.69, 9.17) is 16.3 Å². The molecule has 4 rings (SSSR count). The van der Waals surface area contributed by atoms with E-state index in [1.165, 1.54) is 4.68 Å². The van der Waals surface area contributed by atoms with Crippen LogP contribution in [0, 0.1) is 5.92 Å². The largest absolute Gasteiger partial charge is 0.381 e. The molecule has 1 amide bonds. The van der Waals surface area contributed by atoms with Gasteiger partial charge in [-0.2, -0.15) is 0 Å². The number of halogens is 1. The summed E-state index contributed by atoms with van der Waals surface area (Å²) in [6.07, 6.45) is 5.49. The van der Waals surface area contributed by atoms with Crippen molar-refractivity contribution in [3.63, 3.8) is 0 Å². The molecule has 1 aromatic carbocycles. The van der Waals surface area contributed by atoms with Crippen LogP contribution in [0.3, 0.4) is 0 Å². The van der Waals surface area contributed by atoms with Crippen LogP contribution in [0.4, 0.5) is 0 Å². The number of methoxy groups -OCH3 is 1. The summed E-state index contributed by atoms with van der Waals surface area (Å²) < 4.78 is 6.77. The lowest BCUT2D eigenvalue weighted by molar-refractivity contribution is -0.123. The number of nitrogens with one attached hydrogen (secondary N) is 1. The van der Waals surface area contributed by atoms with Crippen molar-refractivity contribution in [2.45, 2.75) is 50.5 Å². The molecule has 0 saturated heterocycles. The van der Waals surface area contributed by atoms with E-state index in [2.05, 4.69) is 10.4 Å². The molecule has 2 aliphatic carbocycles. The second kappa shape index (κ2) is 7.00. The molecule has 0 aliphatic heterocycles. The molecule has 2 atom stereocenters. The normalized spacial score (nSPS) is 23.2. The summed E-state index contributed by atoms with van der Waals surface area (Å²) in [6.45, 7) is 0. The standard InChI is InChI=1S/C19H22ClN3O3/c1-26-14-4-2-3-12(9-14)18(24)22-23-17(11-5-6-11)21-16-10-13(20)7-8-15(16)19(23)25/h7-8,10-12,14H,2-6,9H2,1H3,(H,22,24)/t12-,14+/m1/s1. The monoisotopic (exact) mass is 375 g/mol. The molecule has 1 N–H and O–H groups in total. The first-order chi connectivity index (χ1) is 12.6. The molecule has 2 fully saturated rings. The lowest BCUT2D eigenvalue weighted by atomic mass is 9.87. The molecular formula is C19H22ClN3O3. The molecule has 0 bridgehead atoms. The maximum absolute atomic E-state index is 13.0. The van der Waals surface area contributed by atoms with Crippen LogP contribution in [0.2, 0.25) is 5.02 Å². The van der Waals surface area contributed by atoms with Gasteiger partial charge in [-0.1, -0.05) is 18.0 Å². The summed E-state index contributed by atoms with van der Waals surface area (Å²) in [6, 6.07) is 5.02. The van der Waals surface area contributed by atoms with Crippen molar-refractivity contribution in [2.24, 2.45) is 5.92 Å². The van der Waals surface area contributed by atoms with E-state index < -0.39 is 0 Å². The van der Waals surface area contributed by atoms with E-state index in [1.807, 2.05) is 0 Å². The number of benzene rings is 1. The Labute approximate surface area is 156 Å². The van der Waals surface area contributed by atoms with Crippen LogP contribution in [0.1, 0.15) is 50.3 Å². The maximum Gasteiger partial charge on any atom is 0.280 e. The molecule has 26 heavy (non-hydrogen) atoms. The highest BCUT2D eigenvalue weighted by atomic mass is 35.5. The molecule has 0 radical (unpaired) electrons. The van der Waals surface area contributed by atoms with Gasteiger partial charge in [-0.15, -0.1) is 0 Å². The molecule has 1 aromatic heterocycles. The highest BCUT2D eigenvalue weighted by Gasteiger charge is 2.32. The van der Waals surface area contributed by atoms with E-state index >= 15 is 0 Å². The van der Waals surface area contributed by atoms with Crippen molar-refractivity contribution in [3.8, 4) is 0 Å². The van der Waals surface area contributed by atoms with Crippen molar-refractivity contribution in [3.05, 3.63) is 39.4 Å². The highest BCUT2D eigenvalue weighted by molar-refractivity contribution is 6.31. The number of hydrogen-bond acceptors (Lipinski definition) is 4. The quantitative estimate of drug-likeness (QED) is 0.890. The van der Waals surface area contributed by atoms with Gasteiger partial charge >= 0.3 is 0 Å². The van der Waals surface area contributed by atoms with Crippen LogP contribution < -0.4 is 11.0 Å². The van der Waals surface area contributed by atoms with Gasteiger partial charge in [0.2, 0.25) is 5.91 Å². The van der Waals surface area contributed by atoms with Crippen molar-refractivity contribution < 1.29 is 9.53 Å². The average Bonchev–Trinajstić information content (AvgIpc) is 3.48. The Morgan fingerprint density at radius 1 is 1.31 bits per heavy atom. The summed E-state index contributed by atoms with van der Waals surface area (Å²) in [4.78, 5) is 30.4. The van der Waals surface area contributed by atoms with E-state index in [0.29, 0.717) is 28.2 Å². The second-order valence-corrected chi connectivity index (χ2v) is 7.68. The van der Waals surface area contributed by atoms with Crippen LogP contribution >= 0.6 is 11.6 Å². The lowest BCUT2D eigenvalue weighted by Gasteiger charge is -2.27. The molecule has 2 aliphatic rings. The molecule has 0 unspecified atom stereocenters. The number of hydrogen-bond donors (Lipinski definition) is 1. The third-order valence-electron chi connectivity index (χ3n) is 5.35. The van der Waals surface area contributed by atoms with Crippen molar-refractivity contribution in [1.29, 1.82) is 0 Å². The number of carbonyl (C=O) groups is 1. The fraction of sp³-hybridized carbons (Fsp3) is 0.526. The summed E-state index contributed by atoms with van der Waals surface area (Å²) >= 11 is 6.04. The number of fused-ring (bicyclic) bond motifs is 1. The minimum absolute atomic E-state index is 0.107. The van der Waals surface area contributed by atoms with E-state index in [0.717, 1.165) is 32.1 Å². The summed E-state index contributed by atoms with van der Waals surface area (Å²) in [5, 5.41) is 0.998. The number of amides is 1. The Hall–Kier alpha value is -1.92. The number of rotatable bonds is 4. The van der Waals surface area contributed by atoms with Crippen LogP contribution in [0.25, 0.3) is 10.9 Å². The van der Waals surface area contributed by atoms with Gasteiger partial charge in [-0.25, -0.2) is 9.66 Å². The topological polar surface area (TPSA) is 73.2 Å². The van der Waals surface area contributed by atoms with Gasteiger partial charge < -0.3 is 4.74 Å². The van der Waals surface area contributed by atoms with Gasteiger partial charge in [-0.3, -0.25) is 15.0 Å². The van der Waals surface area contributed by atoms with E-state index in [1.54, 1.807) is 25.3 Å². The third-order valence-corrected chi connectivity index (χ3v) is 5.59. The Morgan fingerprint density at radius 2 is 2.12 bits per heavy atom. The lowest BCUT2D eigenvalue weighted by Crippen LogP contribution is -2.40. The fourth-order valence-electron chi connectivity index (χ4n) is 3.70. The molecule has 1 heterocycles. The predicted molar refractivity (Wildman–Crippen MR) is 100 cm³/mol. The minimum Gasteiger partial charge on any atom is -0.381 e. The van der Waals surface area contributed by atoms with Crippen molar-refractivity contribution in [2.75, 3.05) is 12.5 Å². The summed E-state index contributed by atoms with van der Waals surface area (Å²) in [5.74, 6) is 0.557. The van der Waals surface area contributed by atoms with Crippen LogP contribution in [-0.2, 0) is 9.53 Å². The van der Waals surface area contributed by atoms with Gasteiger partial charge in [0.1, 0.15) is 5.82 Å².